The molecule has 0 unspecified atom stereocenters. The fourth-order valence-corrected chi connectivity index (χ4v) is 4.79. The van der Waals surface area contributed by atoms with Gasteiger partial charge >= 0.3 is 0 Å². The summed E-state index contributed by atoms with van der Waals surface area (Å²) < 4.78 is 1.19. The van der Waals surface area contributed by atoms with E-state index in [0.717, 1.165) is 27.3 Å². The number of nitrogens with zero attached hydrogens (tertiary/aromatic N) is 3. The lowest BCUT2D eigenvalue weighted by Crippen LogP contribution is -2.25. The summed E-state index contributed by atoms with van der Waals surface area (Å²) in [4.78, 5) is 31.4. The van der Waals surface area contributed by atoms with Crippen molar-refractivity contribution in [2.24, 2.45) is 7.05 Å². The number of aromatic nitrogens is 3. The largest absolute Gasteiger partial charge is 0.296 e. The summed E-state index contributed by atoms with van der Waals surface area (Å²) >= 11 is 1.41. The summed E-state index contributed by atoms with van der Waals surface area (Å²) in [6.45, 7) is 4.09. The van der Waals surface area contributed by atoms with E-state index < -0.39 is 5.91 Å². The van der Waals surface area contributed by atoms with Crippen LogP contribution in [0.1, 0.15) is 21.6 Å². The zero-order valence-corrected chi connectivity index (χ0v) is 19.8. The van der Waals surface area contributed by atoms with Crippen molar-refractivity contribution >= 4 is 33.1 Å². The van der Waals surface area contributed by atoms with Gasteiger partial charge in [0.15, 0.2) is 10.8 Å². The maximum Gasteiger partial charge on any atom is 0.278 e. The topological polar surface area (TPSA) is 76.9 Å². The second kappa shape index (κ2) is 8.68. The molecule has 0 saturated carbocycles. The molecule has 0 bridgehead atoms. The van der Waals surface area contributed by atoms with E-state index in [0.29, 0.717) is 15.9 Å². The average Bonchev–Trinajstić information content (AvgIpc) is 3.26. The number of hydrogen-bond donors (Lipinski definition) is 1. The molecule has 3 aromatic carbocycles. The molecule has 0 fully saturated rings. The normalized spacial score (nSPS) is 11.0. The van der Waals surface area contributed by atoms with E-state index in [2.05, 4.69) is 34.7 Å². The fraction of sp³-hybridized carbons (Fsp3) is 0.111. The molecule has 5 rings (SSSR count). The van der Waals surface area contributed by atoms with Crippen LogP contribution in [0.3, 0.4) is 0 Å². The first-order chi connectivity index (χ1) is 16.4. The summed E-state index contributed by atoms with van der Waals surface area (Å²) in [6, 6.07) is 23.4. The molecule has 0 aliphatic rings. The molecule has 7 heteroatoms. The second-order valence-electron chi connectivity index (χ2n) is 8.21. The van der Waals surface area contributed by atoms with Crippen LogP contribution in [-0.4, -0.2) is 20.7 Å². The zero-order valence-electron chi connectivity index (χ0n) is 19.0. The number of carbonyl (C=O) groups is 1. The Morgan fingerprint density at radius 2 is 1.44 bits per heavy atom. The highest BCUT2D eigenvalue weighted by molar-refractivity contribution is 7.19. The van der Waals surface area contributed by atoms with Gasteiger partial charge in [-0.15, -0.1) is 0 Å². The number of anilines is 1. The summed E-state index contributed by atoms with van der Waals surface area (Å²) in [5, 5.41) is 8.57. The van der Waals surface area contributed by atoms with Gasteiger partial charge in [-0.1, -0.05) is 89.2 Å². The van der Waals surface area contributed by atoms with Crippen LogP contribution >= 0.6 is 11.3 Å². The van der Waals surface area contributed by atoms with Crippen LogP contribution in [-0.2, 0) is 7.05 Å². The summed E-state index contributed by atoms with van der Waals surface area (Å²) in [5.74, 6) is -0.411. The maximum atomic E-state index is 13.3. The lowest BCUT2D eigenvalue weighted by atomic mass is 10.0. The van der Waals surface area contributed by atoms with Gasteiger partial charge in [0.1, 0.15) is 0 Å². The number of thiazole rings is 1. The van der Waals surface area contributed by atoms with Crippen LogP contribution in [0.25, 0.3) is 32.5 Å². The van der Waals surface area contributed by atoms with Gasteiger partial charge in [0.2, 0.25) is 0 Å². The number of aryl methyl sites for hydroxylation is 3. The van der Waals surface area contributed by atoms with E-state index in [9.17, 15) is 9.59 Å². The van der Waals surface area contributed by atoms with E-state index in [-0.39, 0.29) is 11.3 Å². The first kappa shape index (κ1) is 21.7. The molecular formula is C27H22N4O2S. The third-order valence-corrected chi connectivity index (χ3v) is 6.68. The lowest BCUT2D eigenvalue weighted by Gasteiger charge is -2.07. The van der Waals surface area contributed by atoms with Crippen LogP contribution in [0, 0.1) is 13.8 Å². The average molecular weight is 467 g/mol. The van der Waals surface area contributed by atoms with Crippen molar-refractivity contribution in [1.29, 1.82) is 0 Å². The highest BCUT2D eigenvalue weighted by atomic mass is 32.1. The third kappa shape index (κ3) is 4.02. The van der Waals surface area contributed by atoms with Gasteiger partial charge in [-0.2, -0.15) is 5.10 Å². The molecule has 34 heavy (non-hydrogen) atoms. The van der Waals surface area contributed by atoms with Gasteiger partial charge in [-0.25, -0.2) is 9.67 Å². The van der Waals surface area contributed by atoms with Gasteiger partial charge in [0, 0.05) is 18.0 Å². The van der Waals surface area contributed by atoms with Crippen LogP contribution in [0.15, 0.2) is 77.6 Å². The molecule has 6 nitrogen and oxygen atoms in total. The van der Waals surface area contributed by atoms with E-state index in [4.69, 9.17) is 4.98 Å². The Hall–Kier alpha value is -4.10. The number of rotatable bonds is 4. The van der Waals surface area contributed by atoms with Gasteiger partial charge in [-0.05, 0) is 25.5 Å². The standard InChI is InChI=1S/C27H22N4O2S/c1-16-8-12-18(13-9-16)22-24(19-14-10-17(2)11-15-19)34-27(28-22)29-25(32)23-20-6-4-5-7-21(20)26(33)31(3)30-23/h4-15H,1-3H3,(H,28,29,32). The number of carbonyl (C=O) groups excluding carboxylic acids is 1. The lowest BCUT2D eigenvalue weighted by molar-refractivity contribution is 0.102. The van der Waals surface area contributed by atoms with Crippen molar-refractivity contribution in [1.82, 2.24) is 14.8 Å². The highest BCUT2D eigenvalue weighted by Gasteiger charge is 2.20. The number of nitrogens with one attached hydrogen (secondary N) is 1. The molecule has 168 valence electrons. The molecule has 0 saturated heterocycles. The molecule has 2 heterocycles. The predicted octanol–water partition coefficient (Wildman–Crippen LogP) is 5.59. The minimum atomic E-state index is -0.411. The number of hydrogen-bond acceptors (Lipinski definition) is 5. The van der Waals surface area contributed by atoms with Gasteiger partial charge in [0.25, 0.3) is 11.5 Å². The Labute approximate surface area is 200 Å². The van der Waals surface area contributed by atoms with Crippen molar-refractivity contribution in [3.8, 4) is 21.7 Å². The number of benzene rings is 3. The summed E-state index contributed by atoms with van der Waals surface area (Å²) in [5.41, 5.74) is 5.09. The molecular weight excluding hydrogens is 444 g/mol. The van der Waals surface area contributed by atoms with Crippen molar-refractivity contribution in [2.45, 2.75) is 13.8 Å². The Balaban J connectivity index is 1.58. The molecule has 0 atom stereocenters. The second-order valence-corrected chi connectivity index (χ2v) is 9.20. The van der Waals surface area contributed by atoms with Crippen LogP contribution in [0.4, 0.5) is 5.13 Å². The van der Waals surface area contributed by atoms with Crippen molar-refractivity contribution in [3.05, 3.63) is 100.0 Å². The van der Waals surface area contributed by atoms with Crippen molar-refractivity contribution < 1.29 is 4.79 Å². The number of amides is 1. The van der Waals surface area contributed by atoms with Crippen LogP contribution in [0.2, 0.25) is 0 Å². The molecule has 5 aromatic rings. The molecule has 0 spiro atoms. The summed E-state index contributed by atoms with van der Waals surface area (Å²) in [7, 11) is 1.54. The van der Waals surface area contributed by atoms with E-state index in [1.165, 1.54) is 21.6 Å². The third-order valence-electron chi connectivity index (χ3n) is 5.66. The zero-order chi connectivity index (χ0) is 23.8. The quantitative estimate of drug-likeness (QED) is 0.374. The molecule has 1 N–H and O–H groups in total. The van der Waals surface area contributed by atoms with E-state index >= 15 is 0 Å². The Morgan fingerprint density at radius 3 is 2.09 bits per heavy atom. The van der Waals surface area contributed by atoms with E-state index in [1.807, 2.05) is 38.1 Å². The van der Waals surface area contributed by atoms with Crippen molar-refractivity contribution in [3.63, 3.8) is 0 Å². The minimum Gasteiger partial charge on any atom is -0.296 e. The molecule has 1 amide bonds. The van der Waals surface area contributed by atoms with E-state index in [1.54, 1.807) is 31.3 Å². The molecule has 2 aromatic heterocycles. The monoisotopic (exact) mass is 466 g/mol. The van der Waals surface area contributed by atoms with Gasteiger partial charge < -0.3 is 0 Å². The first-order valence-electron chi connectivity index (χ1n) is 10.8. The van der Waals surface area contributed by atoms with Gasteiger partial charge in [-0.3, -0.25) is 14.9 Å². The SMILES string of the molecule is Cc1ccc(-c2nc(NC(=O)c3nn(C)c(=O)c4ccccc34)sc2-c2ccc(C)cc2)cc1. The Morgan fingerprint density at radius 1 is 0.853 bits per heavy atom. The first-order valence-corrected chi connectivity index (χ1v) is 11.6. The highest BCUT2D eigenvalue weighted by Crippen LogP contribution is 2.39. The minimum absolute atomic E-state index is 0.182. The van der Waals surface area contributed by atoms with Gasteiger partial charge in [0.05, 0.1) is 16.0 Å². The smallest absolute Gasteiger partial charge is 0.278 e. The molecule has 0 radical (unpaired) electrons. The Kier molecular flexibility index (Phi) is 5.55. The maximum absolute atomic E-state index is 13.3. The van der Waals surface area contributed by atoms with Crippen LogP contribution in [0.5, 0.6) is 0 Å². The Bertz CT molecular complexity index is 1520. The molecule has 0 aliphatic carbocycles. The number of fused-ring (bicyclic) bond motifs is 1. The molecule has 0 aliphatic heterocycles. The predicted molar refractivity (Wildman–Crippen MR) is 137 cm³/mol. The summed E-state index contributed by atoms with van der Waals surface area (Å²) in [6.07, 6.45) is 0. The van der Waals surface area contributed by atoms with Crippen LogP contribution < -0.4 is 10.9 Å². The fourth-order valence-electron chi connectivity index (χ4n) is 3.81. The van der Waals surface area contributed by atoms with Crippen molar-refractivity contribution in [2.75, 3.05) is 5.32 Å².